The van der Waals surface area contributed by atoms with E-state index in [9.17, 15) is 0 Å². The van der Waals surface area contributed by atoms with E-state index in [0.717, 1.165) is 5.69 Å². The number of nitrogens with zero attached hydrogens (tertiary/aromatic N) is 2. The maximum absolute atomic E-state index is 5.06. The Morgan fingerprint density at radius 1 is 0.447 bits per heavy atom. The summed E-state index contributed by atoms with van der Waals surface area (Å²) >= 11 is 0. The van der Waals surface area contributed by atoms with Crippen LogP contribution in [0.3, 0.4) is 0 Å². The molecule has 226 valence electrons. The number of hydrogen-bond donors (Lipinski definition) is 0. The smallest absolute Gasteiger partial charge is 0.259 e. The van der Waals surface area contributed by atoms with Gasteiger partial charge in [-0.15, -0.1) is 0 Å². The molecular weight excluding hydrogens is 585 g/mol. The highest BCUT2D eigenvalue weighted by atomic mass is 28.3. The Kier molecular flexibility index (Phi) is 7.19. The number of pyridine rings is 1. The van der Waals surface area contributed by atoms with Crippen LogP contribution < -0.4 is 15.6 Å². The van der Waals surface area contributed by atoms with Gasteiger partial charge < -0.3 is 4.23 Å². The number of benzene rings is 6. The van der Waals surface area contributed by atoms with Gasteiger partial charge in [-0.3, -0.25) is 4.98 Å². The van der Waals surface area contributed by atoms with E-state index in [2.05, 4.69) is 189 Å². The molecule has 0 aliphatic carbocycles. The fourth-order valence-corrected chi connectivity index (χ4v) is 12.6. The van der Waals surface area contributed by atoms with Crippen LogP contribution in [-0.4, -0.2) is 17.5 Å². The summed E-state index contributed by atoms with van der Waals surface area (Å²) in [5.41, 5.74) is 11.0. The van der Waals surface area contributed by atoms with Crippen LogP contribution in [0.25, 0.3) is 44.1 Å². The maximum atomic E-state index is 5.06. The molecule has 0 N–H and O–H groups in total. The van der Waals surface area contributed by atoms with Crippen LogP contribution in [0.5, 0.6) is 0 Å². The average molecular weight is 621 g/mol. The van der Waals surface area contributed by atoms with Gasteiger partial charge in [0.1, 0.15) is 0 Å². The van der Waals surface area contributed by atoms with E-state index >= 15 is 0 Å². The Bertz CT molecular complexity index is 2220. The molecule has 2 aromatic heterocycles. The molecule has 8 aromatic rings. The zero-order valence-corrected chi connectivity index (χ0v) is 28.0. The van der Waals surface area contributed by atoms with Crippen molar-refractivity contribution in [3.63, 3.8) is 0 Å². The molecule has 0 saturated carbocycles. The Labute approximate surface area is 277 Å². The number of rotatable bonds is 6. The van der Waals surface area contributed by atoms with Crippen LogP contribution in [0.15, 0.2) is 164 Å². The topological polar surface area (TPSA) is 17.8 Å². The van der Waals surface area contributed by atoms with Gasteiger partial charge in [-0.05, 0) is 94.0 Å². The van der Waals surface area contributed by atoms with E-state index in [4.69, 9.17) is 4.98 Å². The lowest BCUT2D eigenvalue weighted by Gasteiger charge is -2.37. The summed E-state index contributed by atoms with van der Waals surface area (Å²) in [6.45, 7) is 6.64. The van der Waals surface area contributed by atoms with Gasteiger partial charge in [0.25, 0.3) is 8.24 Å². The second-order valence-electron chi connectivity index (χ2n) is 12.5. The molecular formula is C44H36N2Si. The predicted octanol–water partition coefficient (Wildman–Crippen LogP) is 8.96. The fraction of sp³-hybridized carbons (Fsp3) is 0.0682. The molecule has 0 amide bonds. The number of fused-ring (bicyclic) bond motifs is 3. The fourth-order valence-electron chi connectivity index (χ4n) is 7.41. The summed E-state index contributed by atoms with van der Waals surface area (Å²) in [4.78, 5) is 5.06. The summed E-state index contributed by atoms with van der Waals surface area (Å²) < 4.78 is 2.73. The molecule has 2 nitrogen and oxygen atoms in total. The number of aryl methyl sites for hydroxylation is 1. The normalized spacial score (nSPS) is 11.7. The van der Waals surface area contributed by atoms with E-state index in [-0.39, 0.29) is 0 Å². The molecule has 0 unspecified atom stereocenters. The van der Waals surface area contributed by atoms with Crippen LogP contribution >= 0.6 is 0 Å². The lowest BCUT2D eigenvalue weighted by Crippen LogP contribution is -2.73. The van der Waals surface area contributed by atoms with Gasteiger partial charge in [-0.25, -0.2) is 0 Å². The summed E-state index contributed by atoms with van der Waals surface area (Å²) in [7, 11) is -3.01. The van der Waals surface area contributed by atoms with Gasteiger partial charge >= 0.3 is 0 Å². The maximum Gasteiger partial charge on any atom is 0.259 e. The van der Waals surface area contributed by atoms with Crippen LogP contribution in [0.4, 0.5) is 0 Å². The second kappa shape index (κ2) is 11.7. The third-order valence-corrected chi connectivity index (χ3v) is 14.8. The van der Waals surface area contributed by atoms with E-state index < -0.39 is 8.24 Å². The molecule has 0 fully saturated rings. The van der Waals surface area contributed by atoms with Crippen molar-refractivity contribution < 1.29 is 0 Å². The van der Waals surface area contributed by atoms with E-state index in [1.165, 1.54) is 70.7 Å². The van der Waals surface area contributed by atoms with Crippen molar-refractivity contribution in [3.8, 4) is 22.3 Å². The molecule has 47 heavy (non-hydrogen) atoms. The minimum atomic E-state index is -3.01. The van der Waals surface area contributed by atoms with Crippen LogP contribution in [0.1, 0.15) is 16.8 Å². The second-order valence-corrected chi connectivity index (χ2v) is 16.0. The highest BCUT2D eigenvalue weighted by Gasteiger charge is 2.45. The van der Waals surface area contributed by atoms with E-state index in [1.807, 2.05) is 0 Å². The SMILES string of the molecule is Cc1ncc([Si](c2ccccc2)(c2ccccc2)n2c3ccc(-c4ccccc4)cc3c3cc(-c4ccccc4)ccc32)c(C)c1C. The van der Waals surface area contributed by atoms with Crippen molar-refractivity contribution in [3.05, 3.63) is 181 Å². The highest BCUT2D eigenvalue weighted by molar-refractivity contribution is 7.11. The largest absolute Gasteiger partial charge is 0.355 e. The molecule has 0 aliphatic rings. The van der Waals surface area contributed by atoms with E-state index in [0.29, 0.717) is 0 Å². The molecule has 0 radical (unpaired) electrons. The molecule has 0 saturated heterocycles. The van der Waals surface area contributed by atoms with Crippen molar-refractivity contribution in [1.82, 2.24) is 9.22 Å². The summed E-state index contributed by atoms with van der Waals surface area (Å²) in [6, 6.07) is 57.9. The molecule has 0 aliphatic heterocycles. The molecule has 0 spiro atoms. The van der Waals surface area contributed by atoms with Crippen molar-refractivity contribution in [2.24, 2.45) is 0 Å². The van der Waals surface area contributed by atoms with Crippen LogP contribution in [0, 0.1) is 20.8 Å². The molecule has 2 heterocycles. The van der Waals surface area contributed by atoms with Crippen LogP contribution in [0.2, 0.25) is 0 Å². The van der Waals surface area contributed by atoms with Gasteiger partial charge in [-0.1, -0.05) is 133 Å². The zero-order valence-electron chi connectivity index (χ0n) is 27.0. The molecule has 0 bridgehead atoms. The molecule has 0 atom stereocenters. The first-order chi connectivity index (χ1) is 23.1. The average Bonchev–Trinajstić information content (AvgIpc) is 3.46. The minimum Gasteiger partial charge on any atom is -0.355 e. The lowest BCUT2D eigenvalue weighted by atomic mass is 10.0. The molecule has 6 aromatic carbocycles. The van der Waals surface area contributed by atoms with Gasteiger partial charge in [0.05, 0.1) is 0 Å². The summed E-state index contributed by atoms with van der Waals surface area (Å²) in [5.74, 6) is 0. The number of aromatic nitrogens is 2. The van der Waals surface area contributed by atoms with Crippen molar-refractivity contribution in [2.45, 2.75) is 20.8 Å². The first-order valence-electron chi connectivity index (χ1n) is 16.3. The highest BCUT2D eigenvalue weighted by Crippen LogP contribution is 2.37. The van der Waals surface area contributed by atoms with Gasteiger partial charge in [0.2, 0.25) is 0 Å². The monoisotopic (exact) mass is 620 g/mol. The first-order valence-corrected chi connectivity index (χ1v) is 18.3. The van der Waals surface area contributed by atoms with Crippen molar-refractivity contribution >= 4 is 45.6 Å². The van der Waals surface area contributed by atoms with Crippen molar-refractivity contribution in [2.75, 3.05) is 0 Å². The van der Waals surface area contributed by atoms with Crippen molar-refractivity contribution in [1.29, 1.82) is 0 Å². The van der Waals surface area contributed by atoms with Gasteiger partial charge in [-0.2, -0.15) is 0 Å². The molecule has 8 rings (SSSR count). The zero-order chi connectivity index (χ0) is 32.0. The Hall–Kier alpha value is -5.51. The number of hydrogen-bond acceptors (Lipinski definition) is 1. The third kappa shape index (κ3) is 4.66. The Morgan fingerprint density at radius 3 is 1.32 bits per heavy atom. The van der Waals surface area contributed by atoms with Gasteiger partial charge in [0, 0.05) is 33.7 Å². The predicted molar refractivity (Wildman–Crippen MR) is 202 cm³/mol. The quantitative estimate of drug-likeness (QED) is 0.170. The van der Waals surface area contributed by atoms with Gasteiger partial charge in [0.15, 0.2) is 0 Å². The summed E-state index contributed by atoms with van der Waals surface area (Å²) in [6.07, 6.45) is 2.18. The standard InChI is InChI=1S/C44H36N2Si/c1-31-32(2)44(30-45-33(31)3)47(38-20-12-6-13-21-38,39-22-14-7-15-23-39)46-42-26-24-36(34-16-8-4-9-17-34)28-40(42)41-29-37(25-27-43(41)46)35-18-10-5-11-19-35/h4-30H,1-3H3. The summed E-state index contributed by atoms with van der Waals surface area (Å²) in [5, 5.41) is 6.50. The lowest BCUT2D eigenvalue weighted by molar-refractivity contribution is 1.13. The Morgan fingerprint density at radius 2 is 0.872 bits per heavy atom. The third-order valence-electron chi connectivity index (χ3n) is 9.98. The minimum absolute atomic E-state index is 1.08. The van der Waals surface area contributed by atoms with Crippen LogP contribution in [-0.2, 0) is 0 Å². The Balaban J connectivity index is 1.58. The van der Waals surface area contributed by atoms with E-state index in [1.54, 1.807) is 0 Å². The first kappa shape index (κ1) is 28.9. The molecule has 3 heteroatoms.